The number of nitrogens with one attached hydrogen (secondary N) is 1. The van der Waals surface area contributed by atoms with Gasteiger partial charge in [-0.2, -0.15) is 0 Å². The van der Waals surface area contributed by atoms with Crippen LogP contribution in [0.5, 0.6) is 11.5 Å². The Labute approximate surface area is 137 Å². The van der Waals surface area contributed by atoms with Gasteiger partial charge in [0.25, 0.3) is 0 Å². The molecule has 1 aliphatic rings. The van der Waals surface area contributed by atoms with E-state index in [0.29, 0.717) is 13.1 Å². The first kappa shape index (κ1) is 15.8. The monoisotopic (exact) mass is 313 g/mol. The molecule has 0 saturated heterocycles. The van der Waals surface area contributed by atoms with Crippen molar-refractivity contribution < 1.29 is 14.6 Å². The number of aliphatic hydroxyl groups excluding tert-OH is 1. The Balaban J connectivity index is 1.70. The van der Waals surface area contributed by atoms with Crippen LogP contribution in [0.15, 0.2) is 36.4 Å². The zero-order valence-corrected chi connectivity index (χ0v) is 13.6. The first-order valence-corrected chi connectivity index (χ1v) is 7.96. The molecular formula is C19H23NO3. The minimum Gasteiger partial charge on any atom is -0.496 e. The van der Waals surface area contributed by atoms with Crippen molar-refractivity contribution in [1.82, 2.24) is 5.32 Å². The average molecular weight is 313 g/mol. The smallest absolute Gasteiger partial charge is 0.123 e. The third-order valence-corrected chi connectivity index (χ3v) is 4.22. The second kappa shape index (κ2) is 7.02. The molecule has 2 N–H and O–H groups in total. The van der Waals surface area contributed by atoms with Crippen molar-refractivity contribution in [2.24, 2.45) is 0 Å². The van der Waals surface area contributed by atoms with E-state index in [4.69, 9.17) is 9.47 Å². The lowest BCUT2D eigenvalue weighted by atomic mass is 10.1. The summed E-state index contributed by atoms with van der Waals surface area (Å²) in [6.07, 6.45) is 1.16. The number of hydrogen-bond acceptors (Lipinski definition) is 4. The van der Waals surface area contributed by atoms with Crippen LogP contribution < -0.4 is 14.8 Å². The highest BCUT2D eigenvalue weighted by molar-refractivity contribution is 5.48. The molecule has 23 heavy (non-hydrogen) atoms. The van der Waals surface area contributed by atoms with Gasteiger partial charge in [-0.05, 0) is 30.2 Å². The standard InChI is InChI=1S/C19H23NO3/c1-13-7-16-8-18(22-2)17(9-19(16)23-13)11-20-10-14-5-3-4-6-15(14)12-21/h3-6,8-9,13,20-21H,7,10-12H2,1-2H3/t13-/m0/s1. The fourth-order valence-corrected chi connectivity index (χ4v) is 3.03. The topological polar surface area (TPSA) is 50.7 Å². The van der Waals surface area contributed by atoms with E-state index in [2.05, 4.69) is 24.4 Å². The number of rotatable bonds is 6. The minimum absolute atomic E-state index is 0.0613. The van der Waals surface area contributed by atoms with Crippen molar-refractivity contribution in [1.29, 1.82) is 0 Å². The van der Waals surface area contributed by atoms with Gasteiger partial charge in [0.15, 0.2) is 0 Å². The zero-order chi connectivity index (χ0) is 16.2. The second-order valence-electron chi connectivity index (χ2n) is 5.93. The van der Waals surface area contributed by atoms with E-state index in [1.165, 1.54) is 5.56 Å². The molecule has 0 saturated carbocycles. The molecule has 4 nitrogen and oxygen atoms in total. The van der Waals surface area contributed by atoms with Gasteiger partial charge in [0, 0.05) is 30.6 Å². The molecule has 3 rings (SSSR count). The van der Waals surface area contributed by atoms with Crippen LogP contribution >= 0.6 is 0 Å². The van der Waals surface area contributed by atoms with Gasteiger partial charge in [0.05, 0.1) is 13.7 Å². The van der Waals surface area contributed by atoms with Crippen LogP contribution in [0.1, 0.15) is 29.2 Å². The van der Waals surface area contributed by atoms with Gasteiger partial charge in [-0.3, -0.25) is 0 Å². The molecule has 0 aromatic heterocycles. The first-order valence-electron chi connectivity index (χ1n) is 7.96. The van der Waals surface area contributed by atoms with Crippen molar-refractivity contribution in [3.05, 3.63) is 58.7 Å². The summed E-state index contributed by atoms with van der Waals surface area (Å²) in [5.41, 5.74) is 4.36. The summed E-state index contributed by atoms with van der Waals surface area (Å²) < 4.78 is 11.3. The maximum Gasteiger partial charge on any atom is 0.123 e. The minimum atomic E-state index is 0.0613. The van der Waals surface area contributed by atoms with E-state index in [1.54, 1.807) is 7.11 Å². The summed E-state index contributed by atoms with van der Waals surface area (Å²) >= 11 is 0. The van der Waals surface area contributed by atoms with Gasteiger partial charge in [-0.1, -0.05) is 24.3 Å². The van der Waals surface area contributed by atoms with Gasteiger partial charge < -0.3 is 19.9 Å². The molecule has 0 fully saturated rings. The predicted octanol–water partition coefficient (Wildman–Crippen LogP) is 2.80. The SMILES string of the molecule is COc1cc2c(cc1CNCc1ccccc1CO)O[C@@H](C)C2. The van der Waals surface area contributed by atoms with Gasteiger partial charge >= 0.3 is 0 Å². The van der Waals surface area contributed by atoms with Gasteiger partial charge in [0.1, 0.15) is 17.6 Å². The van der Waals surface area contributed by atoms with Crippen molar-refractivity contribution in [3.63, 3.8) is 0 Å². The molecule has 1 aliphatic heterocycles. The molecule has 0 spiro atoms. The molecule has 2 aromatic carbocycles. The van der Waals surface area contributed by atoms with E-state index < -0.39 is 0 Å². The molecule has 0 aliphatic carbocycles. The first-order chi connectivity index (χ1) is 11.2. The quantitative estimate of drug-likeness (QED) is 0.861. The van der Waals surface area contributed by atoms with E-state index >= 15 is 0 Å². The van der Waals surface area contributed by atoms with Crippen LogP contribution in [0.3, 0.4) is 0 Å². The maximum atomic E-state index is 9.38. The maximum absolute atomic E-state index is 9.38. The summed E-state index contributed by atoms with van der Waals surface area (Å²) in [6, 6.07) is 12.1. The molecule has 0 amide bonds. The fourth-order valence-electron chi connectivity index (χ4n) is 3.03. The lowest BCUT2D eigenvalue weighted by Crippen LogP contribution is -2.14. The second-order valence-corrected chi connectivity index (χ2v) is 5.93. The van der Waals surface area contributed by atoms with E-state index in [9.17, 15) is 5.11 Å². The summed E-state index contributed by atoms with van der Waals surface area (Å²) in [5, 5.41) is 12.8. The summed E-state index contributed by atoms with van der Waals surface area (Å²) in [7, 11) is 1.70. The van der Waals surface area contributed by atoms with Crippen LogP contribution in [0, 0.1) is 0 Å². The highest BCUT2D eigenvalue weighted by Gasteiger charge is 2.21. The molecule has 0 unspecified atom stereocenters. The molecule has 1 atom stereocenters. The average Bonchev–Trinajstić information content (AvgIpc) is 2.93. The number of ether oxygens (including phenoxy) is 2. The van der Waals surface area contributed by atoms with Crippen LogP contribution in [-0.4, -0.2) is 18.3 Å². The van der Waals surface area contributed by atoms with Crippen LogP contribution in [0.2, 0.25) is 0 Å². The Morgan fingerprint density at radius 3 is 2.65 bits per heavy atom. The number of methoxy groups -OCH3 is 1. The largest absolute Gasteiger partial charge is 0.496 e. The van der Waals surface area contributed by atoms with Crippen molar-refractivity contribution in [2.75, 3.05) is 7.11 Å². The van der Waals surface area contributed by atoms with Crippen LogP contribution in [0.4, 0.5) is 0 Å². The summed E-state index contributed by atoms with van der Waals surface area (Å²) in [6.45, 7) is 3.53. The number of hydrogen-bond donors (Lipinski definition) is 2. The van der Waals surface area contributed by atoms with E-state index in [0.717, 1.165) is 34.6 Å². The Morgan fingerprint density at radius 1 is 1.17 bits per heavy atom. The molecular weight excluding hydrogens is 290 g/mol. The van der Waals surface area contributed by atoms with Crippen LogP contribution in [0.25, 0.3) is 0 Å². The Kier molecular flexibility index (Phi) is 4.84. The summed E-state index contributed by atoms with van der Waals surface area (Å²) in [5.74, 6) is 1.86. The number of fused-ring (bicyclic) bond motifs is 1. The molecule has 2 aromatic rings. The normalized spacial score (nSPS) is 16.0. The lowest BCUT2D eigenvalue weighted by molar-refractivity contribution is 0.254. The Morgan fingerprint density at radius 2 is 1.91 bits per heavy atom. The van der Waals surface area contributed by atoms with Crippen molar-refractivity contribution in [2.45, 2.75) is 39.1 Å². The fraction of sp³-hybridized carbons (Fsp3) is 0.368. The van der Waals surface area contributed by atoms with E-state index in [-0.39, 0.29) is 12.7 Å². The molecule has 1 heterocycles. The molecule has 4 heteroatoms. The Hall–Kier alpha value is -2.04. The molecule has 122 valence electrons. The zero-order valence-electron chi connectivity index (χ0n) is 13.6. The third-order valence-electron chi connectivity index (χ3n) is 4.22. The van der Waals surface area contributed by atoms with Crippen LogP contribution in [-0.2, 0) is 26.1 Å². The molecule has 0 radical (unpaired) electrons. The number of aliphatic hydroxyl groups is 1. The highest BCUT2D eigenvalue weighted by Crippen LogP contribution is 2.34. The summed E-state index contributed by atoms with van der Waals surface area (Å²) in [4.78, 5) is 0. The van der Waals surface area contributed by atoms with Gasteiger partial charge in [-0.25, -0.2) is 0 Å². The van der Waals surface area contributed by atoms with Gasteiger partial charge in [0.2, 0.25) is 0 Å². The third kappa shape index (κ3) is 3.49. The predicted molar refractivity (Wildman–Crippen MR) is 89.7 cm³/mol. The van der Waals surface area contributed by atoms with Crippen molar-refractivity contribution in [3.8, 4) is 11.5 Å². The highest BCUT2D eigenvalue weighted by atomic mass is 16.5. The van der Waals surface area contributed by atoms with E-state index in [1.807, 2.05) is 24.3 Å². The number of benzene rings is 2. The molecule has 0 bridgehead atoms. The lowest BCUT2D eigenvalue weighted by Gasteiger charge is -2.13. The Bertz CT molecular complexity index is 684. The van der Waals surface area contributed by atoms with Crippen molar-refractivity contribution >= 4 is 0 Å². The van der Waals surface area contributed by atoms with Gasteiger partial charge in [-0.15, -0.1) is 0 Å².